The van der Waals surface area contributed by atoms with Crippen LogP contribution in [0.4, 0.5) is 5.69 Å². The fourth-order valence-electron chi connectivity index (χ4n) is 3.47. The summed E-state index contributed by atoms with van der Waals surface area (Å²) in [4.78, 5) is 25.2. The van der Waals surface area contributed by atoms with E-state index in [1.807, 2.05) is 30.3 Å². The van der Waals surface area contributed by atoms with E-state index in [4.69, 9.17) is 9.47 Å². The molecule has 2 aromatic carbocycles. The Morgan fingerprint density at radius 3 is 2.38 bits per heavy atom. The van der Waals surface area contributed by atoms with E-state index in [-0.39, 0.29) is 5.91 Å². The number of anilines is 1. The molecular formula is C21H23NO4. The zero-order valence-electron chi connectivity index (χ0n) is 15.1. The van der Waals surface area contributed by atoms with Crippen molar-refractivity contribution in [2.45, 2.75) is 25.2 Å². The zero-order valence-corrected chi connectivity index (χ0v) is 15.1. The van der Waals surface area contributed by atoms with Crippen LogP contribution in [-0.2, 0) is 19.7 Å². The van der Waals surface area contributed by atoms with Crippen LogP contribution in [-0.4, -0.2) is 32.2 Å². The highest BCUT2D eigenvalue weighted by atomic mass is 16.5. The van der Waals surface area contributed by atoms with E-state index in [0.29, 0.717) is 42.9 Å². The molecular weight excluding hydrogens is 330 g/mol. The second-order valence-electron chi connectivity index (χ2n) is 6.48. The lowest BCUT2D eigenvalue weighted by Crippen LogP contribution is -2.45. The van der Waals surface area contributed by atoms with Crippen molar-refractivity contribution in [2.75, 3.05) is 25.6 Å². The molecule has 0 aliphatic carbocycles. The lowest BCUT2D eigenvalue weighted by molar-refractivity contribution is -0.125. The van der Waals surface area contributed by atoms with E-state index in [9.17, 15) is 9.59 Å². The Hall–Kier alpha value is -2.66. The van der Waals surface area contributed by atoms with Gasteiger partial charge in [0.15, 0.2) is 0 Å². The molecule has 2 aromatic rings. The van der Waals surface area contributed by atoms with Crippen molar-refractivity contribution in [3.8, 4) is 0 Å². The molecule has 1 heterocycles. The van der Waals surface area contributed by atoms with Gasteiger partial charge in [0, 0.05) is 18.9 Å². The predicted octanol–water partition coefficient (Wildman–Crippen LogP) is 3.47. The molecule has 5 nitrogen and oxygen atoms in total. The van der Waals surface area contributed by atoms with E-state index >= 15 is 0 Å². The van der Waals surface area contributed by atoms with Gasteiger partial charge in [-0.1, -0.05) is 36.4 Å². The summed E-state index contributed by atoms with van der Waals surface area (Å²) in [7, 11) is 1.35. The summed E-state index contributed by atoms with van der Waals surface area (Å²) in [5.41, 5.74) is 2.13. The third-order valence-corrected chi connectivity index (χ3v) is 5.09. The number of rotatable bonds is 4. The average molecular weight is 353 g/mol. The first-order valence-corrected chi connectivity index (χ1v) is 8.71. The highest BCUT2D eigenvalue weighted by molar-refractivity contribution is 6.01. The van der Waals surface area contributed by atoms with Gasteiger partial charge in [-0.25, -0.2) is 4.79 Å². The number of ether oxygens (including phenoxy) is 2. The molecule has 26 heavy (non-hydrogen) atoms. The van der Waals surface area contributed by atoms with Gasteiger partial charge < -0.3 is 14.8 Å². The molecule has 0 saturated carbocycles. The first kappa shape index (κ1) is 18.1. The first-order chi connectivity index (χ1) is 12.6. The summed E-state index contributed by atoms with van der Waals surface area (Å²) < 4.78 is 10.3. The largest absolute Gasteiger partial charge is 0.465 e. The van der Waals surface area contributed by atoms with Crippen LogP contribution < -0.4 is 5.32 Å². The third-order valence-electron chi connectivity index (χ3n) is 5.09. The van der Waals surface area contributed by atoms with Crippen molar-refractivity contribution in [2.24, 2.45) is 0 Å². The molecule has 1 fully saturated rings. The van der Waals surface area contributed by atoms with Crippen LogP contribution in [0.2, 0.25) is 0 Å². The van der Waals surface area contributed by atoms with Crippen molar-refractivity contribution >= 4 is 17.6 Å². The van der Waals surface area contributed by atoms with Crippen LogP contribution in [0.3, 0.4) is 0 Å². The van der Waals surface area contributed by atoms with E-state index < -0.39 is 11.4 Å². The summed E-state index contributed by atoms with van der Waals surface area (Å²) in [5.74, 6) is -0.487. The minimum absolute atomic E-state index is 0.0721. The van der Waals surface area contributed by atoms with E-state index in [0.717, 1.165) is 5.56 Å². The van der Waals surface area contributed by atoms with Crippen LogP contribution in [0.25, 0.3) is 0 Å². The van der Waals surface area contributed by atoms with Gasteiger partial charge in [-0.05, 0) is 43.0 Å². The molecule has 1 amide bonds. The molecule has 0 radical (unpaired) electrons. The minimum Gasteiger partial charge on any atom is -0.465 e. The molecule has 1 saturated heterocycles. The highest BCUT2D eigenvalue weighted by Crippen LogP contribution is 2.36. The normalized spacial score (nSPS) is 15.9. The first-order valence-electron chi connectivity index (χ1n) is 8.71. The lowest BCUT2D eigenvalue weighted by Gasteiger charge is -2.36. The summed E-state index contributed by atoms with van der Waals surface area (Å²) in [6, 6.07) is 15.1. The number of methoxy groups -OCH3 is 1. The van der Waals surface area contributed by atoms with E-state index in [1.54, 1.807) is 25.1 Å². The summed E-state index contributed by atoms with van der Waals surface area (Å²) >= 11 is 0. The number of hydrogen-bond acceptors (Lipinski definition) is 4. The van der Waals surface area contributed by atoms with Gasteiger partial charge in [-0.2, -0.15) is 0 Å². The van der Waals surface area contributed by atoms with Crippen molar-refractivity contribution in [3.63, 3.8) is 0 Å². The van der Waals surface area contributed by atoms with Gasteiger partial charge in [-0.3, -0.25) is 4.79 Å². The molecule has 3 rings (SSSR count). The summed E-state index contributed by atoms with van der Waals surface area (Å²) in [6.07, 6.45) is 1.25. The number of nitrogens with one attached hydrogen (secondary N) is 1. The molecule has 0 unspecified atom stereocenters. The molecule has 0 aromatic heterocycles. The standard InChI is InChI=1S/C21H23NO4/c1-15-17(19(23)25-2)9-6-10-18(15)22-20(24)21(11-13-26-14-12-21)16-7-4-3-5-8-16/h3-10H,11-14H2,1-2H3,(H,22,24). The van der Waals surface area contributed by atoms with Crippen molar-refractivity contribution in [1.29, 1.82) is 0 Å². The van der Waals surface area contributed by atoms with E-state index in [1.165, 1.54) is 7.11 Å². The number of carbonyl (C=O) groups excluding carboxylic acids is 2. The SMILES string of the molecule is COC(=O)c1cccc(NC(=O)C2(c3ccccc3)CCOCC2)c1C. The maximum absolute atomic E-state index is 13.3. The van der Waals surface area contributed by atoms with E-state index in [2.05, 4.69) is 5.32 Å². The monoisotopic (exact) mass is 353 g/mol. The molecule has 1 aliphatic rings. The molecule has 0 atom stereocenters. The predicted molar refractivity (Wildman–Crippen MR) is 99.3 cm³/mol. The Balaban J connectivity index is 1.94. The van der Waals surface area contributed by atoms with Gasteiger partial charge in [-0.15, -0.1) is 0 Å². The number of hydrogen-bond donors (Lipinski definition) is 1. The Morgan fingerprint density at radius 2 is 1.73 bits per heavy atom. The fraction of sp³-hybridized carbons (Fsp3) is 0.333. The number of esters is 1. The topological polar surface area (TPSA) is 64.6 Å². The molecule has 0 bridgehead atoms. The van der Waals surface area contributed by atoms with Crippen LogP contribution >= 0.6 is 0 Å². The second-order valence-corrected chi connectivity index (χ2v) is 6.48. The zero-order chi connectivity index (χ0) is 18.6. The maximum Gasteiger partial charge on any atom is 0.338 e. The van der Waals surface area contributed by atoms with Crippen LogP contribution in [0.5, 0.6) is 0 Å². The van der Waals surface area contributed by atoms with Gasteiger partial charge in [0.2, 0.25) is 5.91 Å². The number of carbonyl (C=O) groups is 2. The van der Waals surface area contributed by atoms with Gasteiger partial charge in [0.25, 0.3) is 0 Å². The van der Waals surface area contributed by atoms with Crippen molar-refractivity contribution in [3.05, 3.63) is 65.2 Å². The van der Waals surface area contributed by atoms with Gasteiger partial charge >= 0.3 is 5.97 Å². The van der Waals surface area contributed by atoms with Gasteiger partial charge in [0.1, 0.15) is 0 Å². The number of amides is 1. The Bertz CT molecular complexity index is 795. The summed E-state index contributed by atoms with van der Waals surface area (Å²) in [6.45, 7) is 2.90. The van der Waals surface area contributed by atoms with Gasteiger partial charge in [0.05, 0.1) is 18.1 Å². The van der Waals surface area contributed by atoms with Crippen LogP contribution in [0.1, 0.15) is 34.3 Å². The number of benzene rings is 2. The smallest absolute Gasteiger partial charge is 0.338 e. The molecule has 136 valence electrons. The fourth-order valence-corrected chi connectivity index (χ4v) is 3.47. The molecule has 1 N–H and O–H groups in total. The molecule has 5 heteroatoms. The summed E-state index contributed by atoms with van der Waals surface area (Å²) in [5, 5.41) is 3.04. The highest BCUT2D eigenvalue weighted by Gasteiger charge is 2.41. The van der Waals surface area contributed by atoms with Crippen molar-refractivity contribution < 1.29 is 19.1 Å². The lowest BCUT2D eigenvalue weighted by atomic mass is 9.73. The Morgan fingerprint density at radius 1 is 1.04 bits per heavy atom. The molecule has 0 spiro atoms. The average Bonchev–Trinajstić information content (AvgIpc) is 2.70. The molecule has 1 aliphatic heterocycles. The Kier molecular flexibility index (Phi) is 5.38. The second kappa shape index (κ2) is 7.70. The Labute approximate surface area is 153 Å². The van der Waals surface area contributed by atoms with Crippen LogP contribution in [0, 0.1) is 6.92 Å². The maximum atomic E-state index is 13.3. The minimum atomic E-state index is -0.632. The van der Waals surface area contributed by atoms with Crippen molar-refractivity contribution in [1.82, 2.24) is 0 Å². The quantitative estimate of drug-likeness (QED) is 0.855. The third kappa shape index (κ3) is 3.35. The van der Waals surface area contributed by atoms with Crippen LogP contribution in [0.15, 0.2) is 48.5 Å².